The Morgan fingerprint density at radius 2 is 1.53 bits per heavy atom. The lowest BCUT2D eigenvalue weighted by atomic mass is 10.1. The van der Waals surface area contributed by atoms with E-state index in [9.17, 15) is 18.0 Å². The van der Waals surface area contributed by atoms with Crippen molar-refractivity contribution in [1.29, 1.82) is 0 Å². The zero-order chi connectivity index (χ0) is 21.3. The van der Waals surface area contributed by atoms with Gasteiger partial charge in [0.15, 0.2) is 5.76 Å². The maximum absolute atomic E-state index is 13.1. The fourth-order valence-corrected chi connectivity index (χ4v) is 5.71. The molecule has 2 aliphatic rings. The minimum atomic E-state index is -3.61. The summed E-state index contributed by atoms with van der Waals surface area (Å²) in [7, 11) is -3.61. The van der Waals surface area contributed by atoms with Crippen LogP contribution in [0.15, 0.2) is 50.4 Å². The summed E-state index contributed by atoms with van der Waals surface area (Å²) >= 11 is 3.38. The van der Waals surface area contributed by atoms with Gasteiger partial charge in [0.1, 0.15) is 0 Å². The lowest BCUT2D eigenvalue weighted by Gasteiger charge is -2.34. The Hall–Kier alpha value is -2.17. The van der Waals surface area contributed by atoms with Gasteiger partial charge in [-0.15, -0.1) is 0 Å². The number of benzene rings is 1. The molecule has 0 saturated carbocycles. The van der Waals surface area contributed by atoms with Crippen molar-refractivity contribution in [3.05, 3.63) is 52.4 Å². The van der Waals surface area contributed by atoms with Crippen LogP contribution in [0.3, 0.4) is 0 Å². The van der Waals surface area contributed by atoms with Crippen LogP contribution in [0, 0.1) is 0 Å². The van der Waals surface area contributed by atoms with E-state index in [1.54, 1.807) is 28.0 Å². The number of piperazine rings is 1. The number of furan rings is 1. The van der Waals surface area contributed by atoms with Crippen LogP contribution in [0.2, 0.25) is 0 Å². The third kappa shape index (κ3) is 4.03. The van der Waals surface area contributed by atoms with E-state index in [1.165, 1.54) is 22.7 Å². The van der Waals surface area contributed by atoms with Gasteiger partial charge >= 0.3 is 0 Å². The molecule has 8 nitrogen and oxygen atoms in total. The van der Waals surface area contributed by atoms with Crippen molar-refractivity contribution in [3.63, 3.8) is 0 Å². The minimum Gasteiger partial charge on any atom is -0.459 e. The number of nitrogens with zero attached hydrogens (tertiary/aromatic N) is 3. The van der Waals surface area contributed by atoms with E-state index >= 15 is 0 Å². The molecule has 3 heterocycles. The molecule has 2 aromatic rings. The first-order valence-corrected chi connectivity index (χ1v) is 12.0. The number of hydrogen-bond donors (Lipinski definition) is 0. The van der Waals surface area contributed by atoms with Gasteiger partial charge < -0.3 is 14.2 Å². The summed E-state index contributed by atoms with van der Waals surface area (Å²) in [5.41, 5.74) is 0.307. The van der Waals surface area contributed by atoms with Gasteiger partial charge in [-0.2, -0.15) is 4.31 Å². The van der Waals surface area contributed by atoms with Crippen LogP contribution < -0.4 is 0 Å². The molecule has 0 radical (unpaired) electrons. The molecule has 0 bridgehead atoms. The molecule has 0 spiro atoms. The fourth-order valence-electron chi connectivity index (χ4n) is 3.75. The molecule has 10 heteroatoms. The number of amides is 2. The molecule has 0 unspecified atom stereocenters. The van der Waals surface area contributed by atoms with Crippen LogP contribution in [0.5, 0.6) is 0 Å². The molecule has 4 rings (SSSR count). The number of carbonyl (C=O) groups excluding carboxylic acids is 2. The molecule has 160 valence electrons. The summed E-state index contributed by atoms with van der Waals surface area (Å²) in [5.74, 6) is -0.185. The summed E-state index contributed by atoms with van der Waals surface area (Å²) in [6, 6.07) is 7.85. The molecule has 2 amide bonds. The van der Waals surface area contributed by atoms with Gasteiger partial charge in [0, 0.05) is 43.7 Å². The fraction of sp³-hybridized carbons (Fsp3) is 0.400. The van der Waals surface area contributed by atoms with Crippen molar-refractivity contribution in [2.45, 2.75) is 17.7 Å². The van der Waals surface area contributed by atoms with E-state index in [1.807, 2.05) is 0 Å². The average Bonchev–Trinajstić information content (AvgIpc) is 3.47. The minimum absolute atomic E-state index is 0.127. The molecule has 2 saturated heterocycles. The highest BCUT2D eigenvalue weighted by molar-refractivity contribution is 9.10. The van der Waals surface area contributed by atoms with Crippen molar-refractivity contribution in [2.75, 3.05) is 39.3 Å². The van der Waals surface area contributed by atoms with Crippen LogP contribution in [0.1, 0.15) is 33.8 Å². The Morgan fingerprint density at radius 3 is 2.13 bits per heavy atom. The molecule has 0 N–H and O–H groups in total. The van der Waals surface area contributed by atoms with Crippen molar-refractivity contribution in [3.8, 4) is 0 Å². The number of rotatable bonds is 4. The van der Waals surface area contributed by atoms with E-state index in [4.69, 9.17) is 4.42 Å². The molecule has 2 aliphatic heterocycles. The van der Waals surface area contributed by atoms with Crippen LogP contribution in [0.4, 0.5) is 0 Å². The Bertz CT molecular complexity index is 1040. The topological polar surface area (TPSA) is 91.1 Å². The number of hydrogen-bond acceptors (Lipinski definition) is 5. The maximum Gasteiger partial charge on any atom is 0.289 e. The Morgan fingerprint density at radius 1 is 0.900 bits per heavy atom. The van der Waals surface area contributed by atoms with Gasteiger partial charge in [-0.05, 0) is 59.1 Å². The SMILES string of the molecule is O=C(c1ccco1)N1CCN(C(=O)c2cc(S(=O)(=O)N3CCCC3)ccc2Br)CC1. The highest BCUT2D eigenvalue weighted by Crippen LogP contribution is 2.27. The van der Waals surface area contributed by atoms with E-state index in [0.717, 1.165) is 12.8 Å². The summed E-state index contributed by atoms with van der Waals surface area (Å²) in [5, 5.41) is 0. The summed E-state index contributed by atoms with van der Waals surface area (Å²) < 4.78 is 32.9. The normalized spacial score (nSPS) is 18.0. The number of halogens is 1. The van der Waals surface area contributed by atoms with Gasteiger partial charge in [-0.25, -0.2) is 8.42 Å². The molecule has 30 heavy (non-hydrogen) atoms. The van der Waals surface area contributed by atoms with Gasteiger partial charge in [0.05, 0.1) is 16.7 Å². The summed E-state index contributed by atoms with van der Waals surface area (Å²) in [6.45, 7) is 2.51. The van der Waals surface area contributed by atoms with Crippen LogP contribution in [-0.2, 0) is 10.0 Å². The Balaban J connectivity index is 1.48. The second-order valence-corrected chi connectivity index (χ2v) is 10.1. The van der Waals surface area contributed by atoms with Crippen LogP contribution in [0.25, 0.3) is 0 Å². The van der Waals surface area contributed by atoms with Gasteiger partial charge in [-0.3, -0.25) is 9.59 Å². The molecule has 1 aromatic heterocycles. The lowest BCUT2D eigenvalue weighted by molar-refractivity contribution is 0.0517. The predicted molar refractivity (Wildman–Crippen MR) is 113 cm³/mol. The van der Waals surface area contributed by atoms with Crippen molar-refractivity contribution in [2.24, 2.45) is 0 Å². The quantitative estimate of drug-likeness (QED) is 0.649. The first kappa shape index (κ1) is 21.1. The lowest BCUT2D eigenvalue weighted by Crippen LogP contribution is -2.50. The number of sulfonamides is 1. The third-order valence-corrected chi connectivity index (χ3v) is 8.04. The first-order valence-electron chi connectivity index (χ1n) is 9.80. The monoisotopic (exact) mass is 495 g/mol. The second kappa shape index (κ2) is 8.52. The maximum atomic E-state index is 13.1. The van der Waals surface area contributed by atoms with E-state index in [-0.39, 0.29) is 22.5 Å². The zero-order valence-electron chi connectivity index (χ0n) is 16.3. The van der Waals surface area contributed by atoms with E-state index in [2.05, 4.69) is 15.9 Å². The molecule has 0 aliphatic carbocycles. The average molecular weight is 496 g/mol. The highest BCUT2D eigenvalue weighted by Gasteiger charge is 2.30. The van der Waals surface area contributed by atoms with Gasteiger partial charge in [-0.1, -0.05) is 0 Å². The standard InChI is InChI=1S/C20H22BrN3O5S/c21-17-6-5-15(30(27,28)24-7-1-2-8-24)14-16(17)19(25)22-9-11-23(12-10-22)20(26)18-4-3-13-29-18/h3-6,13-14H,1-2,7-12H2. The summed E-state index contributed by atoms with van der Waals surface area (Å²) in [6.07, 6.45) is 3.15. The van der Waals surface area contributed by atoms with Crippen molar-refractivity contribution >= 4 is 37.8 Å². The van der Waals surface area contributed by atoms with Gasteiger partial charge in [0.25, 0.3) is 11.8 Å². The molecule has 2 fully saturated rings. The number of carbonyl (C=O) groups is 2. The third-order valence-electron chi connectivity index (χ3n) is 5.46. The van der Waals surface area contributed by atoms with Crippen molar-refractivity contribution < 1.29 is 22.4 Å². The summed E-state index contributed by atoms with van der Waals surface area (Å²) in [4.78, 5) is 28.9. The first-order chi connectivity index (χ1) is 14.4. The molecule has 1 aromatic carbocycles. The van der Waals surface area contributed by atoms with Crippen LogP contribution in [-0.4, -0.2) is 73.6 Å². The largest absolute Gasteiger partial charge is 0.459 e. The van der Waals surface area contributed by atoms with E-state index < -0.39 is 10.0 Å². The Labute approximate surface area is 183 Å². The second-order valence-electron chi connectivity index (χ2n) is 7.31. The molecular weight excluding hydrogens is 474 g/mol. The van der Waals surface area contributed by atoms with Crippen LogP contribution >= 0.6 is 15.9 Å². The Kier molecular flexibility index (Phi) is 5.99. The smallest absolute Gasteiger partial charge is 0.289 e. The van der Waals surface area contributed by atoms with Gasteiger partial charge in [0.2, 0.25) is 10.0 Å². The highest BCUT2D eigenvalue weighted by atomic mass is 79.9. The molecule has 0 atom stereocenters. The molecular formula is C20H22BrN3O5S. The van der Waals surface area contributed by atoms with Crippen molar-refractivity contribution in [1.82, 2.24) is 14.1 Å². The zero-order valence-corrected chi connectivity index (χ0v) is 18.7. The predicted octanol–water partition coefficient (Wildman–Crippen LogP) is 2.42. The van der Waals surface area contributed by atoms with E-state index in [0.29, 0.717) is 49.3 Å².